The van der Waals surface area contributed by atoms with Crippen LogP contribution >= 0.6 is 0 Å². The smallest absolute Gasteiger partial charge is 0.241 e. The number of carbonyl (C=O) groups excluding carboxylic acids is 1. The summed E-state index contributed by atoms with van der Waals surface area (Å²) in [6, 6.07) is -0.683. The van der Waals surface area contributed by atoms with Gasteiger partial charge in [-0.1, -0.05) is 0 Å². The highest BCUT2D eigenvalue weighted by atomic mass is 32.2. The Morgan fingerprint density at radius 1 is 1.22 bits per heavy atom. The molecule has 2 heterocycles. The summed E-state index contributed by atoms with van der Waals surface area (Å²) in [4.78, 5) is 13.5. The van der Waals surface area contributed by atoms with Crippen LogP contribution in [-0.2, 0) is 14.8 Å². The minimum Gasteiger partial charge on any atom is -0.388 e. The lowest BCUT2D eigenvalue weighted by atomic mass is 10.2. The largest absolute Gasteiger partial charge is 0.388 e. The number of carbonyl (C=O) groups is 1. The van der Waals surface area contributed by atoms with Crippen molar-refractivity contribution in [3.05, 3.63) is 0 Å². The first kappa shape index (κ1) is 13.7. The zero-order valence-electron chi connectivity index (χ0n) is 10.2. The quantitative estimate of drug-likeness (QED) is 0.607. The van der Waals surface area contributed by atoms with E-state index in [0.717, 1.165) is 6.26 Å². The molecule has 104 valence electrons. The Bertz CT molecular complexity index is 428. The molecular formula is C10H18N2O5S. The van der Waals surface area contributed by atoms with Crippen LogP contribution in [0.15, 0.2) is 0 Å². The number of β-amino-alcohol motifs (C(OH)–C–C–N with tert-alkyl or cyclic N) is 2. The molecule has 0 aromatic heterocycles. The van der Waals surface area contributed by atoms with Gasteiger partial charge in [0.25, 0.3) is 0 Å². The molecule has 3 atom stereocenters. The van der Waals surface area contributed by atoms with E-state index in [9.17, 15) is 23.4 Å². The zero-order valence-corrected chi connectivity index (χ0v) is 11.0. The van der Waals surface area contributed by atoms with Crippen LogP contribution in [0.2, 0.25) is 0 Å². The van der Waals surface area contributed by atoms with Crippen LogP contribution in [0.25, 0.3) is 0 Å². The van der Waals surface area contributed by atoms with E-state index in [-0.39, 0.29) is 19.0 Å². The summed E-state index contributed by atoms with van der Waals surface area (Å²) in [5, 5.41) is 18.8. The summed E-state index contributed by atoms with van der Waals surface area (Å²) in [6.07, 6.45) is 0.354. The third-order valence-corrected chi connectivity index (χ3v) is 4.77. The highest BCUT2D eigenvalue weighted by molar-refractivity contribution is 7.88. The monoisotopic (exact) mass is 278 g/mol. The highest BCUT2D eigenvalue weighted by Crippen LogP contribution is 2.23. The standard InChI is InChI=1S/C10H18N2O5S/c1-18(16,17)12-4-2-3-7(12)10(15)11-5-8(13)9(14)6-11/h7-9,13-14H,2-6H2,1H3. The lowest BCUT2D eigenvalue weighted by molar-refractivity contribution is -0.134. The van der Waals surface area contributed by atoms with Crippen molar-refractivity contribution in [2.45, 2.75) is 31.1 Å². The van der Waals surface area contributed by atoms with E-state index in [0.29, 0.717) is 19.4 Å². The fraction of sp³-hybridized carbons (Fsp3) is 0.900. The molecular weight excluding hydrogens is 260 g/mol. The SMILES string of the molecule is CS(=O)(=O)N1CCCC1C(=O)N1CC(O)C(O)C1. The predicted octanol–water partition coefficient (Wildman–Crippen LogP) is -2.03. The highest BCUT2D eigenvalue weighted by Gasteiger charge is 2.42. The van der Waals surface area contributed by atoms with Gasteiger partial charge in [-0.15, -0.1) is 0 Å². The molecule has 2 N–H and O–H groups in total. The van der Waals surface area contributed by atoms with E-state index in [1.807, 2.05) is 0 Å². The number of amides is 1. The molecule has 0 spiro atoms. The number of likely N-dealkylation sites (tertiary alicyclic amines) is 1. The Labute approximate surface area is 106 Å². The minimum atomic E-state index is -3.39. The Morgan fingerprint density at radius 2 is 1.78 bits per heavy atom. The molecule has 2 saturated heterocycles. The van der Waals surface area contributed by atoms with Gasteiger partial charge in [-0.2, -0.15) is 4.31 Å². The maximum absolute atomic E-state index is 12.2. The summed E-state index contributed by atoms with van der Waals surface area (Å²) in [7, 11) is -3.39. The summed E-state index contributed by atoms with van der Waals surface area (Å²) >= 11 is 0. The van der Waals surface area contributed by atoms with Crippen LogP contribution in [0, 0.1) is 0 Å². The van der Waals surface area contributed by atoms with Crippen molar-refractivity contribution in [3.8, 4) is 0 Å². The lowest BCUT2D eigenvalue weighted by Gasteiger charge is -2.25. The maximum Gasteiger partial charge on any atom is 0.241 e. The molecule has 2 fully saturated rings. The van der Waals surface area contributed by atoms with Gasteiger partial charge < -0.3 is 15.1 Å². The molecule has 0 aromatic rings. The summed E-state index contributed by atoms with van der Waals surface area (Å²) < 4.78 is 24.3. The molecule has 0 radical (unpaired) electrons. The van der Waals surface area contributed by atoms with Crippen molar-refractivity contribution >= 4 is 15.9 Å². The number of rotatable bonds is 2. The van der Waals surface area contributed by atoms with Crippen molar-refractivity contribution in [1.29, 1.82) is 0 Å². The molecule has 7 nitrogen and oxygen atoms in total. The first-order chi connectivity index (χ1) is 8.30. The van der Waals surface area contributed by atoms with Gasteiger partial charge in [0.1, 0.15) is 6.04 Å². The summed E-state index contributed by atoms with van der Waals surface area (Å²) in [5.74, 6) is -0.325. The Hall–Kier alpha value is -0.700. The third-order valence-electron chi connectivity index (χ3n) is 3.49. The Balaban J connectivity index is 2.10. The van der Waals surface area contributed by atoms with Gasteiger partial charge >= 0.3 is 0 Å². The number of hydrogen-bond acceptors (Lipinski definition) is 5. The molecule has 3 unspecified atom stereocenters. The number of sulfonamides is 1. The average molecular weight is 278 g/mol. The molecule has 0 saturated carbocycles. The van der Waals surface area contributed by atoms with Crippen LogP contribution in [0.5, 0.6) is 0 Å². The van der Waals surface area contributed by atoms with E-state index in [4.69, 9.17) is 0 Å². The van der Waals surface area contributed by atoms with Gasteiger partial charge in [0, 0.05) is 19.6 Å². The van der Waals surface area contributed by atoms with Gasteiger partial charge in [-0.3, -0.25) is 4.79 Å². The average Bonchev–Trinajstić information content (AvgIpc) is 2.84. The topological polar surface area (TPSA) is 98.2 Å². The molecule has 0 aliphatic carbocycles. The van der Waals surface area contributed by atoms with E-state index >= 15 is 0 Å². The van der Waals surface area contributed by atoms with E-state index in [1.165, 1.54) is 9.21 Å². The molecule has 2 aliphatic heterocycles. The fourth-order valence-electron chi connectivity index (χ4n) is 2.54. The number of nitrogens with zero attached hydrogens (tertiary/aromatic N) is 2. The summed E-state index contributed by atoms with van der Waals surface area (Å²) in [5.41, 5.74) is 0. The van der Waals surface area contributed by atoms with Gasteiger partial charge in [-0.05, 0) is 12.8 Å². The van der Waals surface area contributed by atoms with Crippen molar-refractivity contribution in [2.24, 2.45) is 0 Å². The number of aliphatic hydroxyl groups is 2. The van der Waals surface area contributed by atoms with E-state index in [2.05, 4.69) is 0 Å². The van der Waals surface area contributed by atoms with Crippen LogP contribution in [0.1, 0.15) is 12.8 Å². The van der Waals surface area contributed by atoms with Crippen molar-refractivity contribution < 1.29 is 23.4 Å². The van der Waals surface area contributed by atoms with Crippen molar-refractivity contribution in [1.82, 2.24) is 9.21 Å². The van der Waals surface area contributed by atoms with Crippen LogP contribution in [0.3, 0.4) is 0 Å². The molecule has 0 bridgehead atoms. The summed E-state index contributed by atoms with van der Waals surface area (Å²) in [6.45, 7) is 0.483. The van der Waals surface area contributed by atoms with Crippen LogP contribution in [-0.4, -0.2) is 77.9 Å². The molecule has 18 heavy (non-hydrogen) atoms. The Kier molecular flexibility index (Phi) is 3.63. The second-order valence-corrected chi connectivity index (χ2v) is 6.84. The van der Waals surface area contributed by atoms with Gasteiger partial charge in [0.05, 0.1) is 18.5 Å². The molecule has 8 heteroatoms. The second-order valence-electron chi connectivity index (χ2n) is 4.91. The second kappa shape index (κ2) is 4.76. The minimum absolute atomic E-state index is 0.0636. The zero-order chi connectivity index (χ0) is 13.5. The first-order valence-electron chi connectivity index (χ1n) is 5.92. The van der Waals surface area contributed by atoms with Crippen LogP contribution in [0.4, 0.5) is 0 Å². The Morgan fingerprint density at radius 3 is 2.28 bits per heavy atom. The van der Waals surface area contributed by atoms with Gasteiger partial charge in [0.15, 0.2) is 0 Å². The maximum atomic E-state index is 12.2. The van der Waals surface area contributed by atoms with Crippen molar-refractivity contribution in [3.63, 3.8) is 0 Å². The number of hydrogen-bond donors (Lipinski definition) is 2. The number of aliphatic hydroxyl groups excluding tert-OH is 2. The van der Waals surface area contributed by atoms with Crippen LogP contribution < -0.4 is 0 Å². The first-order valence-corrected chi connectivity index (χ1v) is 7.77. The molecule has 0 aromatic carbocycles. The normalized spacial score (nSPS) is 34.2. The molecule has 2 aliphatic rings. The molecule has 2 rings (SSSR count). The molecule has 1 amide bonds. The van der Waals surface area contributed by atoms with Gasteiger partial charge in [-0.25, -0.2) is 8.42 Å². The van der Waals surface area contributed by atoms with Crippen molar-refractivity contribution in [2.75, 3.05) is 25.9 Å². The lowest BCUT2D eigenvalue weighted by Crippen LogP contribution is -2.47. The van der Waals surface area contributed by atoms with Gasteiger partial charge in [0.2, 0.25) is 15.9 Å². The van der Waals surface area contributed by atoms with E-state index in [1.54, 1.807) is 0 Å². The predicted molar refractivity (Wildman–Crippen MR) is 63.2 cm³/mol. The third kappa shape index (κ3) is 2.51. The van der Waals surface area contributed by atoms with E-state index < -0.39 is 28.3 Å². The fourth-order valence-corrected chi connectivity index (χ4v) is 3.66.